The lowest BCUT2D eigenvalue weighted by atomic mass is 9.99. The third-order valence-electron chi connectivity index (χ3n) is 7.61. The summed E-state index contributed by atoms with van der Waals surface area (Å²) in [6, 6.07) is 31.2. The molecule has 216 valence electrons. The number of carbonyl (C=O) groups is 3. The molecule has 2 amide bonds. The number of nitrogens with zero attached hydrogens (tertiary/aromatic N) is 2. The van der Waals surface area contributed by atoms with Gasteiger partial charge in [0.1, 0.15) is 23.6 Å². The summed E-state index contributed by atoms with van der Waals surface area (Å²) in [7, 11) is 1.37. The molecule has 5 aromatic rings. The molecule has 4 aromatic carbocycles. The number of hydrogen-bond acceptors (Lipinski definition) is 6. The highest BCUT2D eigenvalue weighted by Gasteiger charge is 2.42. The van der Waals surface area contributed by atoms with Gasteiger partial charge in [0.15, 0.2) is 17.3 Å². The Morgan fingerprint density at radius 2 is 1.39 bits per heavy atom. The second-order valence-corrected chi connectivity index (χ2v) is 10.2. The number of fused-ring (bicyclic) bond motifs is 2. The fraction of sp³-hybridized carbons (Fsp3) is 0.0571. The van der Waals surface area contributed by atoms with Gasteiger partial charge >= 0.3 is 6.09 Å². The summed E-state index contributed by atoms with van der Waals surface area (Å²) in [6.07, 6.45) is 0.762. The molecule has 1 N–H and O–H groups in total. The quantitative estimate of drug-likeness (QED) is 0.230. The van der Waals surface area contributed by atoms with Crippen molar-refractivity contribution < 1.29 is 33.7 Å². The summed E-state index contributed by atoms with van der Waals surface area (Å²) in [5, 5.41) is 10.7. The molecule has 3 heterocycles. The van der Waals surface area contributed by atoms with Crippen molar-refractivity contribution in [2.75, 3.05) is 7.05 Å². The summed E-state index contributed by atoms with van der Waals surface area (Å²) in [4.78, 5) is 40.6. The standard InChI is InChI=1S/C35H24N2O7/c1-36-33(38)29(30(34(36)39)28-20-42-25-16-8-9-17-26(25)43-28)24-19-37(35(40)41)31-23(24)15-10-18-27(31)44-32(21-11-4-2-5-12-21)22-13-6-3-7-14-22/h2-20,32H,1H3,(H,40,41). The highest BCUT2D eigenvalue weighted by molar-refractivity contribution is 6.38. The Kier molecular flexibility index (Phi) is 6.47. The number of para-hydroxylation sites is 3. The van der Waals surface area contributed by atoms with E-state index in [4.69, 9.17) is 14.2 Å². The van der Waals surface area contributed by atoms with Crippen molar-refractivity contribution >= 4 is 34.4 Å². The van der Waals surface area contributed by atoms with Crippen molar-refractivity contribution in [1.82, 2.24) is 9.47 Å². The highest BCUT2D eigenvalue weighted by atomic mass is 16.6. The van der Waals surface area contributed by atoms with E-state index < -0.39 is 24.0 Å². The fourth-order valence-corrected chi connectivity index (χ4v) is 5.53. The summed E-state index contributed by atoms with van der Waals surface area (Å²) in [5.41, 5.74) is 2.17. The third-order valence-corrected chi connectivity index (χ3v) is 7.61. The zero-order valence-electron chi connectivity index (χ0n) is 23.3. The zero-order valence-corrected chi connectivity index (χ0v) is 23.3. The molecule has 1 aromatic heterocycles. The molecule has 0 aliphatic carbocycles. The van der Waals surface area contributed by atoms with Gasteiger partial charge in [0.2, 0.25) is 0 Å². The smallest absolute Gasteiger partial charge is 0.416 e. The molecule has 2 aliphatic heterocycles. The van der Waals surface area contributed by atoms with Gasteiger partial charge in [0.25, 0.3) is 11.8 Å². The predicted molar refractivity (Wildman–Crippen MR) is 161 cm³/mol. The average Bonchev–Trinajstić information content (AvgIpc) is 3.55. The van der Waals surface area contributed by atoms with Crippen LogP contribution in [0.2, 0.25) is 0 Å². The van der Waals surface area contributed by atoms with Gasteiger partial charge in [0.05, 0.1) is 11.1 Å². The lowest BCUT2D eigenvalue weighted by Crippen LogP contribution is -2.27. The van der Waals surface area contributed by atoms with Crippen LogP contribution in [0.15, 0.2) is 127 Å². The van der Waals surface area contributed by atoms with Crippen molar-refractivity contribution in [3.05, 3.63) is 144 Å². The Morgan fingerprint density at radius 3 is 2.05 bits per heavy atom. The Labute approximate surface area is 251 Å². The molecule has 44 heavy (non-hydrogen) atoms. The Balaban J connectivity index is 1.40. The van der Waals surface area contributed by atoms with Gasteiger partial charge in [-0.3, -0.25) is 14.5 Å². The topological polar surface area (TPSA) is 107 Å². The third kappa shape index (κ3) is 4.38. The lowest BCUT2D eigenvalue weighted by Gasteiger charge is -2.21. The minimum Gasteiger partial charge on any atom is -0.479 e. The molecule has 0 spiro atoms. The monoisotopic (exact) mass is 584 g/mol. The van der Waals surface area contributed by atoms with Crippen LogP contribution in [-0.4, -0.2) is 39.5 Å². The first-order chi connectivity index (χ1) is 21.4. The van der Waals surface area contributed by atoms with Crippen molar-refractivity contribution in [3.8, 4) is 17.2 Å². The van der Waals surface area contributed by atoms with Crippen LogP contribution in [0.3, 0.4) is 0 Å². The number of amides is 2. The Morgan fingerprint density at radius 1 is 0.773 bits per heavy atom. The van der Waals surface area contributed by atoms with Gasteiger partial charge in [-0.25, -0.2) is 9.36 Å². The van der Waals surface area contributed by atoms with Gasteiger partial charge in [-0.1, -0.05) is 84.9 Å². The average molecular weight is 585 g/mol. The summed E-state index contributed by atoms with van der Waals surface area (Å²) in [5.74, 6) is -0.0428. The van der Waals surface area contributed by atoms with Gasteiger partial charge in [-0.05, 0) is 29.3 Å². The first-order valence-corrected chi connectivity index (χ1v) is 13.8. The van der Waals surface area contributed by atoms with Crippen LogP contribution >= 0.6 is 0 Å². The van der Waals surface area contributed by atoms with Crippen LogP contribution in [0.5, 0.6) is 17.2 Å². The van der Waals surface area contributed by atoms with Crippen LogP contribution < -0.4 is 14.2 Å². The molecular weight excluding hydrogens is 560 g/mol. The van der Waals surface area contributed by atoms with E-state index in [1.807, 2.05) is 60.7 Å². The minimum atomic E-state index is -1.29. The number of hydrogen-bond donors (Lipinski definition) is 1. The minimum absolute atomic E-state index is 0.00319. The van der Waals surface area contributed by atoms with Crippen molar-refractivity contribution in [2.45, 2.75) is 6.10 Å². The first kappa shape index (κ1) is 26.8. The van der Waals surface area contributed by atoms with Crippen molar-refractivity contribution in [2.24, 2.45) is 0 Å². The van der Waals surface area contributed by atoms with Crippen LogP contribution in [0.1, 0.15) is 22.8 Å². The van der Waals surface area contributed by atoms with E-state index in [2.05, 4.69) is 0 Å². The lowest BCUT2D eigenvalue weighted by molar-refractivity contribution is -0.135. The largest absolute Gasteiger partial charge is 0.479 e. The molecular formula is C35H24N2O7. The molecule has 2 aliphatic rings. The predicted octanol–water partition coefficient (Wildman–Crippen LogP) is 6.40. The van der Waals surface area contributed by atoms with Crippen LogP contribution in [0.4, 0.5) is 4.79 Å². The summed E-state index contributed by atoms with van der Waals surface area (Å²) >= 11 is 0. The molecule has 0 unspecified atom stereocenters. The number of imide groups is 1. The molecule has 0 radical (unpaired) electrons. The zero-order chi connectivity index (χ0) is 30.4. The second-order valence-electron chi connectivity index (χ2n) is 10.2. The van der Waals surface area contributed by atoms with Crippen molar-refractivity contribution in [3.63, 3.8) is 0 Å². The van der Waals surface area contributed by atoms with Crippen molar-refractivity contribution in [1.29, 1.82) is 0 Å². The van der Waals surface area contributed by atoms with Gasteiger partial charge in [0, 0.05) is 24.2 Å². The normalized spacial score (nSPS) is 14.4. The van der Waals surface area contributed by atoms with E-state index in [0.29, 0.717) is 16.9 Å². The van der Waals surface area contributed by atoms with Crippen LogP contribution in [0, 0.1) is 0 Å². The van der Waals surface area contributed by atoms with Crippen LogP contribution in [0.25, 0.3) is 16.5 Å². The summed E-state index contributed by atoms with van der Waals surface area (Å²) < 4.78 is 19.3. The van der Waals surface area contributed by atoms with E-state index in [-0.39, 0.29) is 33.7 Å². The Bertz CT molecular complexity index is 1990. The number of carboxylic acid groups (broad SMARTS) is 1. The van der Waals surface area contributed by atoms with Gasteiger partial charge in [-0.15, -0.1) is 0 Å². The molecule has 0 saturated carbocycles. The van der Waals surface area contributed by atoms with Gasteiger partial charge in [-0.2, -0.15) is 0 Å². The summed E-state index contributed by atoms with van der Waals surface area (Å²) in [6.45, 7) is 0. The first-order valence-electron chi connectivity index (χ1n) is 13.8. The number of ether oxygens (including phenoxy) is 3. The number of aromatic nitrogens is 1. The van der Waals surface area contributed by atoms with Crippen LogP contribution in [-0.2, 0) is 9.59 Å². The van der Waals surface area contributed by atoms with E-state index in [1.165, 1.54) is 19.5 Å². The van der Waals surface area contributed by atoms with E-state index in [9.17, 15) is 19.5 Å². The SMILES string of the molecule is CN1C(=O)C(C2=COc3ccccc3O2)=C(c2cn(C(=O)O)c3c(OC(c4ccccc4)c4ccccc4)cccc23)C1=O. The number of likely N-dealkylation sites (N-methyl/N-ethyl adjacent to an activating group) is 1. The van der Waals surface area contributed by atoms with Gasteiger partial charge < -0.3 is 19.3 Å². The molecule has 0 saturated heterocycles. The molecule has 0 fully saturated rings. The fourth-order valence-electron chi connectivity index (χ4n) is 5.53. The second kappa shape index (κ2) is 10.6. The van der Waals surface area contributed by atoms with E-state index in [0.717, 1.165) is 20.6 Å². The highest BCUT2D eigenvalue weighted by Crippen LogP contribution is 2.43. The number of benzene rings is 4. The number of rotatable bonds is 6. The Hall–Kier alpha value is -6.09. The maximum Gasteiger partial charge on any atom is 0.416 e. The molecule has 0 bridgehead atoms. The molecule has 7 rings (SSSR count). The van der Waals surface area contributed by atoms with E-state index >= 15 is 0 Å². The maximum absolute atomic E-state index is 13.6. The van der Waals surface area contributed by atoms with E-state index in [1.54, 1.807) is 42.5 Å². The molecule has 9 heteroatoms. The molecule has 9 nitrogen and oxygen atoms in total. The number of carbonyl (C=O) groups excluding carboxylic acids is 2. The molecule has 0 atom stereocenters. The maximum atomic E-state index is 13.6.